The lowest BCUT2D eigenvalue weighted by molar-refractivity contribution is 0.583. The second-order valence-corrected chi connectivity index (χ2v) is 6.29. The molecule has 0 aliphatic heterocycles. The molecule has 0 aromatic heterocycles. The topological polar surface area (TPSA) is 46.2 Å². The van der Waals surface area contributed by atoms with Crippen molar-refractivity contribution in [1.29, 1.82) is 0 Å². The fourth-order valence-electron chi connectivity index (χ4n) is 1.41. The van der Waals surface area contributed by atoms with Crippen LogP contribution in [0.2, 0.25) is 0 Å². The van der Waals surface area contributed by atoms with Crippen molar-refractivity contribution in [2.75, 3.05) is 4.72 Å². The minimum Gasteiger partial charge on any atom is -0.277 e. The van der Waals surface area contributed by atoms with Gasteiger partial charge in [-0.1, -0.05) is 22.0 Å². The van der Waals surface area contributed by atoms with E-state index in [1.165, 1.54) is 12.1 Å². The third-order valence-corrected chi connectivity index (χ3v) is 4.14. The Labute approximate surface area is 117 Å². The molecule has 0 aliphatic carbocycles. The molecule has 0 radical (unpaired) electrons. The molecule has 0 unspecified atom stereocenters. The highest BCUT2D eigenvalue weighted by atomic mass is 79.9. The Hall–Kier alpha value is -1.47. The van der Waals surface area contributed by atoms with E-state index >= 15 is 0 Å². The zero-order valence-electron chi connectivity index (χ0n) is 9.40. The van der Waals surface area contributed by atoms with E-state index < -0.39 is 21.7 Å². The Bertz CT molecular complexity index is 719. The van der Waals surface area contributed by atoms with Crippen LogP contribution in [0.3, 0.4) is 0 Å². The highest BCUT2D eigenvalue weighted by molar-refractivity contribution is 9.10. The Morgan fingerprint density at radius 3 is 2.42 bits per heavy atom. The van der Waals surface area contributed by atoms with Crippen LogP contribution in [0.15, 0.2) is 51.8 Å². The molecule has 1 N–H and O–H groups in total. The van der Waals surface area contributed by atoms with Crippen molar-refractivity contribution in [3.8, 4) is 0 Å². The smallest absolute Gasteiger partial charge is 0.262 e. The number of nitrogens with one attached hydrogen (secondary N) is 1. The standard InChI is InChI=1S/C12H8BrF2NO2S/c13-8-2-1-3-10(6-8)19(17,18)16-12-5-4-9(14)7-11(12)15/h1-7,16H. The summed E-state index contributed by atoms with van der Waals surface area (Å²) in [6.45, 7) is 0. The SMILES string of the molecule is O=S(=O)(Nc1ccc(F)cc1F)c1cccc(Br)c1. The second-order valence-electron chi connectivity index (χ2n) is 3.69. The van der Waals surface area contributed by atoms with E-state index in [1.54, 1.807) is 12.1 Å². The maximum atomic E-state index is 13.4. The van der Waals surface area contributed by atoms with Crippen molar-refractivity contribution in [2.45, 2.75) is 4.90 Å². The van der Waals surface area contributed by atoms with Gasteiger partial charge in [0, 0.05) is 10.5 Å². The van der Waals surface area contributed by atoms with E-state index in [4.69, 9.17) is 0 Å². The fraction of sp³-hybridized carbons (Fsp3) is 0. The van der Waals surface area contributed by atoms with E-state index in [0.717, 1.165) is 12.1 Å². The van der Waals surface area contributed by atoms with Crippen molar-refractivity contribution >= 4 is 31.6 Å². The second kappa shape index (κ2) is 5.26. The number of hydrogen-bond acceptors (Lipinski definition) is 2. The van der Waals surface area contributed by atoms with E-state index in [-0.39, 0.29) is 10.6 Å². The predicted octanol–water partition coefficient (Wildman–Crippen LogP) is 3.53. The molecule has 3 nitrogen and oxygen atoms in total. The van der Waals surface area contributed by atoms with Crippen LogP contribution in [0, 0.1) is 11.6 Å². The molecule has 2 aromatic carbocycles. The average Bonchev–Trinajstić information content (AvgIpc) is 2.33. The van der Waals surface area contributed by atoms with Gasteiger partial charge in [-0.05, 0) is 30.3 Å². The summed E-state index contributed by atoms with van der Waals surface area (Å²) in [7, 11) is -3.91. The van der Waals surface area contributed by atoms with Crippen molar-refractivity contribution in [2.24, 2.45) is 0 Å². The molecule has 100 valence electrons. The van der Waals surface area contributed by atoms with E-state index in [2.05, 4.69) is 20.7 Å². The lowest BCUT2D eigenvalue weighted by atomic mass is 10.3. The molecular weight excluding hydrogens is 340 g/mol. The van der Waals surface area contributed by atoms with Gasteiger partial charge >= 0.3 is 0 Å². The normalized spacial score (nSPS) is 11.3. The third-order valence-electron chi connectivity index (χ3n) is 2.28. The minimum atomic E-state index is -3.91. The largest absolute Gasteiger partial charge is 0.277 e. The zero-order valence-corrected chi connectivity index (χ0v) is 11.8. The summed E-state index contributed by atoms with van der Waals surface area (Å²) >= 11 is 3.15. The van der Waals surface area contributed by atoms with Crippen LogP contribution < -0.4 is 4.72 Å². The number of hydrogen-bond donors (Lipinski definition) is 1. The molecule has 2 rings (SSSR count). The highest BCUT2D eigenvalue weighted by Crippen LogP contribution is 2.21. The number of halogens is 3. The minimum absolute atomic E-state index is 0.0226. The lowest BCUT2D eigenvalue weighted by Gasteiger charge is -2.09. The van der Waals surface area contributed by atoms with Gasteiger partial charge in [-0.2, -0.15) is 0 Å². The highest BCUT2D eigenvalue weighted by Gasteiger charge is 2.16. The predicted molar refractivity (Wildman–Crippen MR) is 71.3 cm³/mol. The molecule has 0 heterocycles. The average molecular weight is 348 g/mol. The molecule has 0 fully saturated rings. The van der Waals surface area contributed by atoms with Gasteiger partial charge in [0.25, 0.3) is 10.0 Å². The number of anilines is 1. The maximum absolute atomic E-state index is 13.4. The quantitative estimate of drug-likeness (QED) is 0.923. The molecular formula is C12H8BrF2NO2S. The molecule has 0 aliphatic rings. The zero-order chi connectivity index (χ0) is 14.0. The summed E-state index contributed by atoms with van der Waals surface area (Å²) in [4.78, 5) is -0.0226. The van der Waals surface area contributed by atoms with Gasteiger partial charge in [0.1, 0.15) is 11.6 Å². The van der Waals surface area contributed by atoms with Gasteiger partial charge in [0.05, 0.1) is 10.6 Å². The lowest BCUT2D eigenvalue weighted by Crippen LogP contribution is -2.14. The first-order valence-electron chi connectivity index (χ1n) is 5.12. The summed E-state index contributed by atoms with van der Waals surface area (Å²) in [5.41, 5.74) is -0.304. The summed E-state index contributed by atoms with van der Waals surface area (Å²) in [6.07, 6.45) is 0. The molecule has 7 heteroatoms. The third kappa shape index (κ3) is 3.30. The van der Waals surface area contributed by atoms with E-state index in [9.17, 15) is 17.2 Å². The summed E-state index contributed by atoms with van der Waals surface area (Å²) < 4.78 is 52.8. The number of sulfonamides is 1. The van der Waals surface area contributed by atoms with Crippen LogP contribution in [-0.2, 0) is 10.0 Å². The van der Waals surface area contributed by atoms with E-state index in [1.807, 2.05) is 0 Å². The van der Waals surface area contributed by atoms with Crippen LogP contribution in [0.4, 0.5) is 14.5 Å². The van der Waals surface area contributed by atoms with Crippen molar-refractivity contribution in [3.05, 3.63) is 58.6 Å². The number of benzene rings is 2. The first kappa shape index (κ1) is 14.0. The van der Waals surface area contributed by atoms with Crippen molar-refractivity contribution in [3.63, 3.8) is 0 Å². The van der Waals surface area contributed by atoms with Gasteiger partial charge in [-0.25, -0.2) is 17.2 Å². The first-order chi connectivity index (χ1) is 8.88. The molecule has 0 saturated heterocycles. The van der Waals surface area contributed by atoms with Gasteiger partial charge < -0.3 is 0 Å². The Morgan fingerprint density at radius 2 is 1.79 bits per heavy atom. The van der Waals surface area contributed by atoms with Crippen LogP contribution in [-0.4, -0.2) is 8.42 Å². The maximum Gasteiger partial charge on any atom is 0.262 e. The van der Waals surface area contributed by atoms with Gasteiger partial charge in [0.2, 0.25) is 0 Å². The molecule has 0 amide bonds. The molecule has 0 bridgehead atoms. The Kier molecular flexibility index (Phi) is 3.86. The van der Waals surface area contributed by atoms with Crippen molar-refractivity contribution < 1.29 is 17.2 Å². The number of rotatable bonds is 3. The van der Waals surface area contributed by atoms with Crippen LogP contribution >= 0.6 is 15.9 Å². The summed E-state index contributed by atoms with van der Waals surface area (Å²) in [5, 5.41) is 0. The molecule has 0 spiro atoms. The first-order valence-corrected chi connectivity index (χ1v) is 7.39. The van der Waals surface area contributed by atoms with Gasteiger partial charge in [0.15, 0.2) is 0 Å². The summed E-state index contributed by atoms with van der Waals surface area (Å²) in [5.74, 6) is -1.75. The Balaban J connectivity index is 2.36. The van der Waals surface area contributed by atoms with Crippen LogP contribution in [0.1, 0.15) is 0 Å². The monoisotopic (exact) mass is 347 g/mol. The summed E-state index contributed by atoms with van der Waals surface area (Å²) in [6, 6.07) is 8.57. The van der Waals surface area contributed by atoms with Crippen LogP contribution in [0.25, 0.3) is 0 Å². The van der Waals surface area contributed by atoms with E-state index in [0.29, 0.717) is 10.5 Å². The molecule has 19 heavy (non-hydrogen) atoms. The fourth-order valence-corrected chi connectivity index (χ4v) is 3.07. The van der Waals surface area contributed by atoms with Gasteiger partial charge in [-0.3, -0.25) is 4.72 Å². The molecule has 2 aromatic rings. The Morgan fingerprint density at radius 1 is 1.05 bits per heavy atom. The molecule has 0 saturated carbocycles. The molecule has 0 atom stereocenters. The van der Waals surface area contributed by atoms with Crippen molar-refractivity contribution in [1.82, 2.24) is 0 Å². The van der Waals surface area contributed by atoms with Crippen LogP contribution in [0.5, 0.6) is 0 Å². The van der Waals surface area contributed by atoms with Gasteiger partial charge in [-0.15, -0.1) is 0 Å².